The zero-order valence-corrected chi connectivity index (χ0v) is 14.0. The maximum atomic E-state index is 6.29. The minimum Gasteiger partial charge on any atom is -0.490 e. The Morgan fingerprint density at radius 3 is 2.65 bits per heavy atom. The fourth-order valence-corrected chi connectivity index (χ4v) is 3.15. The second kappa shape index (κ2) is 8.68. The van der Waals surface area contributed by atoms with Gasteiger partial charge in [-0.1, -0.05) is 35.7 Å². The molecule has 0 heterocycles. The van der Waals surface area contributed by atoms with Crippen molar-refractivity contribution in [3.8, 4) is 5.75 Å². The number of ether oxygens (including phenoxy) is 1. The van der Waals surface area contributed by atoms with Gasteiger partial charge in [0, 0.05) is 16.6 Å². The summed E-state index contributed by atoms with van der Waals surface area (Å²) in [6.07, 6.45) is 9.33. The Hall–Kier alpha value is -0.540. The summed E-state index contributed by atoms with van der Waals surface area (Å²) >= 11 is 3.56. The predicted molar refractivity (Wildman–Crippen MR) is 88.3 cm³/mol. The van der Waals surface area contributed by atoms with Crippen molar-refractivity contribution in [2.24, 2.45) is 0 Å². The summed E-state index contributed by atoms with van der Waals surface area (Å²) < 4.78 is 7.42. The number of hydrogen-bond donors (Lipinski definition) is 1. The number of hydrogen-bond acceptors (Lipinski definition) is 2. The number of benzene rings is 1. The number of rotatable bonds is 6. The molecule has 0 bridgehead atoms. The summed E-state index contributed by atoms with van der Waals surface area (Å²) in [6, 6.07) is 6.36. The van der Waals surface area contributed by atoms with E-state index >= 15 is 0 Å². The zero-order valence-electron chi connectivity index (χ0n) is 12.5. The molecule has 2 nitrogen and oxygen atoms in total. The highest BCUT2D eigenvalue weighted by Crippen LogP contribution is 2.27. The van der Waals surface area contributed by atoms with Gasteiger partial charge in [0.25, 0.3) is 0 Å². The number of nitrogens with one attached hydrogen (secondary N) is 1. The van der Waals surface area contributed by atoms with Gasteiger partial charge >= 0.3 is 0 Å². The van der Waals surface area contributed by atoms with Crippen LogP contribution in [0.4, 0.5) is 0 Å². The van der Waals surface area contributed by atoms with E-state index in [0.717, 1.165) is 29.7 Å². The van der Waals surface area contributed by atoms with Gasteiger partial charge in [0.2, 0.25) is 0 Å². The molecule has 2 rings (SSSR count). The van der Waals surface area contributed by atoms with E-state index in [9.17, 15) is 0 Å². The lowest BCUT2D eigenvalue weighted by Crippen LogP contribution is -2.18. The van der Waals surface area contributed by atoms with Crippen LogP contribution in [0, 0.1) is 0 Å². The molecule has 1 aromatic carbocycles. The van der Waals surface area contributed by atoms with Crippen LogP contribution in [-0.2, 0) is 6.54 Å². The highest BCUT2D eigenvalue weighted by molar-refractivity contribution is 9.10. The Balaban J connectivity index is 2.01. The van der Waals surface area contributed by atoms with Crippen molar-refractivity contribution >= 4 is 15.9 Å². The van der Waals surface area contributed by atoms with Crippen molar-refractivity contribution in [2.75, 3.05) is 6.54 Å². The van der Waals surface area contributed by atoms with E-state index in [1.807, 2.05) is 0 Å². The van der Waals surface area contributed by atoms with E-state index in [-0.39, 0.29) is 0 Å². The largest absolute Gasteiger partial charge is 0.490 e. The molecule has 0 amide bonds. The first kappa shape index (κ1) is 15.8. The second-order valence-corrected chi connectivity index (χ2v) is 6.58. The molecule has 20 heavy (non-hydrogen) atoms. The van der Waals surface area contributed by atoms with Gasteiger partial charge in [-0.25, -0.2) is 0 Å². The standard InChI is InChI=1S/C17H26BrNO/c1-2-11-19-13-14-12-15(18)9-10-17(14)20-16-7-5-3-4-6-8-16/h9-10,12,16,19H,2-8,11,13H2,1H3. The highest BCUT2D eigenvalue weighted by atomic mass is 79.9. The maximum absolute atomic E-state index is 6.29. The van der Waals surface area contributed by atoms with Crippen LogP contribution in [0.5, 0.6) is 5.75 Å². The average molecular weight is 340 g/mol. The molecule has 0 spiro atoms. The lowest BCUT2D eigenvalue weighted by atomic mass is 10.1. The lowest BCUT2D eigenvalue weighted by molar-refractivity contribution is 0.181. The fourth-order valence-electron chi connectivity index (χ4n) is 2.74. The molecule has 1 saturated carbocycles. The smallest absolute Gasteiger partial charge is 0.124 e. The monoisotopic (exact) mass is 339 g/mol. The average Bonchev–Trinajstić information content (AvgIpc) is 2.70. The molecule has 1 aromatic rings. The molecule has 0 unspecified atom stereocenters. The normalized spacial score (nSPS) is 16.9. The first-order chi connectivity index (χ1) is 9.79. The molecular weight excluding hydrogens is 314 g/mol. The Labute approximate surface area is 131 Å². The fraction of sp³-hybridized carbons (Fsp3) is 0.647. The third-order valence-electron chi connectivity index (χ3n) is 3.86. The number of halogens is 1. The molecule has 0 radical (unpaired) electrons. The molecule has 0 aliphatic heterocycles. The van der Waals surface area contributed by atoms with Crippen LogP contribution >= 0.6 is 15.9 Å². The van der Waals surface area contributed by atoms with Gasteiger partial charge < -0.3 is 10.1 Å². The predicted octanol–water partition coefficient (Wildman–Crippen LogP) is 5.05. The summed E-state index contributed by atoms with van der Waals surface area (Å²) in [7, 11) is 0. The van der Waals surface area contributed by atoms with Crippen molar-refractivity contribution in [1.82, 2.24) is 5.32 Å². The van der Waals surface area contributed by atoms with Crippen molar-refractivity contribution in [1.29, 1.82) is 0 Å². The minimum atomic E-state index is 0.406. The van der Waals surface area contributed by atoms with E-state index < -0.39 is 0 Å². The van der Waals surface area contributed by atoms with Gasteiger partial charge in [-0.2, -0.15) is 0 Å². The molecule has 1 N–H and O–H groups in total. The molecular formula is C17H26BrNO. The van der Waals surface area contributed by atoms with Crippen molar-refractivity contribution in [3.63, 3.8) is 0 Å². The Kier molecular flexibility index (Phi) is 6.88. The first-order valence-corrected chi connectivity index (χ1v) is 8.74. The van der Waals surface area contributed by atoms with Crippen molar-refractivity contribution in [3.05, 3.63) is 28.2 Å². The van der Waals surface area contributed by atoms with E-state index in [2.05, 4.69) is 46.4 Å². The first-order valence-electron chi connectivity index (χ1n) is 7.95. The molecule has 0 atom stereocenters. The summed E-state index contributed by atoms with van der Waals surface area (Å²) in [5.41, 5.74) is 1.26. The quantitative estimate of drug-likeness (QED) is 0.578. The SMILES string of the molecule is CCCNCc1cc(Br)ccc1OC1CCCCCC1. The highest BCUT2D eigenvalue weighted by Gasteiger charge is 2.15. The topological polar surface area (TPSA) is 21.3 Å². The van der Waals surface area contributed by atoms with Crippen LogP contribution < -0.4 is 10.1 Å². The molecule has 1 aliphatic carbocycles. The maximum Gasteiger partial charge on any atom is 0.124 e. The van der Waals surface area contributed by atoms with Crippen LogP contribution in [0.2, 0.25) is 0 Å². The van der Waals surface area contributed by atoms with E-state index in [4.69, 9.17) is 4.74 Å². The Morgan fingerprint density at radius 2 is 1.95 bits per heavy atom. The van der Waals surface area contributed by atoms with Crippen molar-refractivity contribution < 1.29 is 4.74 Å². The minimum absolute atomic E-state index is 0.406. The summed E-state index contributed by atoms with van der Waals surface area (Å²) in [4.78, 5) is 0. The Morgan fingerprint density at radius 1 is 1.20 bits per heavy atom. The lowest BCUT2D eigenvalue weighted by Gasteiger charge is -2.20. The summed E-state index contributed by atoms with van der Waals surface area (Å²) in [5.74, 6) is 1.06. The van der Waals surface area contributed by atoms with Gasteiger partial charge in [-0.15, -0.1) is 0 Å². The van der Waals surface area contributed by atoms with Gasteiger partial charge in [-0.05, 0) is 56.8 Å². The third-order valence-corrected chi connectivity index (χ3v) is 4.35. The van der Waals surface area contributed by atoms with Crippen LogP contribution in [0.25, 0.3) is 0 Å². The Bertz CT molecular complexity index is 400. The molecule has 0 saturated heterocycles. The summed E-state index contributed by atoms with van der Waals surface area (Å²) in [5, 5.41) is 3.47. The van der Waals surface area contributed by atoms with E-state index in [1.54, 1.807) is 0 Å². The summed E-state index contributed by atoms with van der Waals surface area (Å²) in [6.45, 7) is 4.13. The molecule has 1 fully saturated rings. The van der Waals surface area contributed by atoms with Crippen LogP contribution in [0.3, 0.4) is 0 Å². The van der Waals surface area contributed by atoms with Gasteiger partial charge in [-0.3, -0.25) is 0 Å². The van der Waals surface area contributed by atoms with Crippen molar-refractivity contribution in [2.45, 2.75) is 64.5 Å². The van der Waals surface area contributed by atoms with Gasteiger partial charge in [0.05, 0.1) is 6.10 Å². The van der Waals surface area contributed by atoms with E-state index in [0.29, 0.717) is 6.10 Å². The molecule has 1 aliphatic rings. The van der Waals surface area contributed by atoms with Crippen LogP contribution in [-0.4, -0.2) is 12.6 Å². The molecule has 112 valence electrons. The van der Waals surface area contributed by atoms with Gasteiger partial charge in [0.1, 0.15) is 5.75 Å². The molecule has 3 heteroatoms. The molecule has 0 aromatic heterocycles. The van der Waals surface area contributed by atoms with Crippen LogP contribution in [0.1, 0.15) is 57.4 Å². The van der Waals surface area contributed by atoms with E-state index in [1.165, 1.54) is 44.1 Å². The third kappa shape index (κ3) is 5.10. The van der Waals surface area contributed by atoms with Crippen LogP contribution in [0.15, 0.2) is 22.7 Å². The second-order valence-electron chi connectivity index (χ2n) is 5.66. The van der Waals surface area contributed by atoms with Gasteiger partial charge in [0.15, 0.2) is 0 Å². The zero-order chi connectivity index (χ0) is 14.2.